The standard InChI is InChI=1S/C11H16N4O/c1-8-4-9-12-7-13-15(9)10(5-8)14-11(2,3)6-16/h4-5,7,14,16H,6H2,1-3H3. The Bertz CT molecular complexity index is 504. The maximum Gasteiger partial charge on any atom is 0.157 e. The van der Waals surface area contributed by atoms with Crippen molar-refractivity contribution in [1.29, 1.82) is 0 Å². The summed E-state index contributed by atoms with van der Waals surface area (Å²) in [4.78, 5) is 4.15. The Labute approximate surface area is 94.1 Å². The molecule has 0 saturated heterocycles. The molecule has 0 amide bonds. The van der Waals surface area contributed by atoms with Crippen molar-refractivity contribution >= 4 is 11.5 Å². The van der Waals surface area contributed by atoms with Crippen LogP contribution in [0.2, 0.25) is 0 Å². The lowest BCUT2D eigenvalue weighted by atomic mass is 10.1. The zero-order valence-electron chi connectivity index (χ0n) is 9.73. The summed E-state index contributed by atoms with van der Waals surface area (Å²) in [6.45, 7) is 5.92. The summed E-state index contributed by atoms with van der Waals surface area (Å²) < 4.78 is 1.73. The molecule has 2 aromatic rings. The van der Waals surface area contributed by atoms with E-state index in [1.54, 1.807) is 4.52 Å². The average Bonchev–Trinajstić information content (AvgIpc) is 2.65. The normalized spacial score (nSPS) is 12.0. The van der Waals surface area contributed by atoms with Gasteiger partial charge in [-0.25, -0.2) is 4.98 Å². The molecule has 0 aliphatic rings. The van der Waals surface area contributed by atoms with Crippen LogP contribution in [0.4, 0.5) is 5.82 Å². The molecule has 0 bridgehead atoms. The van der Waals surface area contributed by atoms with Gasteiger partial charge in [0.25, 0.3) is 0 Å². The number of hydrogen-bond acceptors (Lipinski definition) is 4. The summed E-state index contributed by atoms with van der Waals surface area (Å²) in [5, 5.41) is 16.6. The molecule has 0 atom stereocenters. The summed E-state index contributed by atoms with van der Waals surface area (Å²) in [7, 11) is 0. The van der Waals surface area contributed by atoms with Crippen molar-refractivity contribution in [2.75, 3.05) is 11.9 Å². The predicted molar refractivity (Wildman–Crippen MR) is 62.5 cm³/mol. The van der Waals surface area contributed by atoms with Crippen molar-refractivity contribution in [1.82, 2.24) is 14.6 Å². The van der Waals surface area contributed by atoms with Crippen LogP contribution in [-0.2, 0) is 0 Å². The largest absolute Gasteiger partial charge is 0.394 e. The number of fused-ring (bicyclic) bond motifs is 1. The van der Waals surface area contributed by atoms with Gasteiger partial charge in [0.1, 0.15) is 12.1 Å². The number of aryl methyl sites for hydroxylation is 1. The Kier molecular flexibility index (Phi) is 2.55. The topological polar surface area (TPSA) is 62.5 Å². The lowest BCUT2D eigenvalue weighted by Gasteiger charge is -2.25. The molecule has 5 nitrogen and oxygen atoms in total. The van der Waals surface area contributed by atoms with Gasteiger partial charge >= 0.3 is 0 Å². The van der Waals surface area contributed by atoms with Crippen molar-refractivity contribution in [2.45, 2.75) is 26.3 Å². The van der Waals surface area contributed by atoms with E-state index in [9.17, 15) is 5.11 Å². The second-order valence-electron chi connectivity index (χ2n) is 4.61. The van der Waals surface area contributed by atoms with Crippen LogP contribution in [-0.4, -0.2) is 31.9 Å². The number of anilines is 1. The van der Waals surface area contributed by atoms with Crippen molar-refractivity contribution in [2.24, 2.45) is 0 Å². The predicted octanol–water partition coefficient (Wildman–Crippen LogP) is 1.22. The van der Waals surface area contributed by atoms with Gasteiger partial charge in [0.2, 0.25) is 0 Å². The summed E-state index contributed by atoms with van der Waals surface area (Å²) >= 11 is 0. The maximum absolute atomic E-state index is 9.24. The fourth-order valence-corrected chi connectivity index (χ4v) is 1.53. The molecule has 0 aromatic carbocycles. The van der Waals surface area contributed by atoms with Crippen molar-refractivity contribution in [3.63, 3.8) is 0 Å². The molecule has 2 N–H and O–H groups in total. The van der Waals surface area contributed by atoms with Crippen LogP contribution in [0.5, 0.6) is 0 Å². The van der Waals surface area contributed by atoms with Crippen LogP contribution in [0.25, 0.3) is 5.65 Å². The summed E-state index contributed by atoms with van der Waals surface area (Å²) in [6, 6.07) is 3.95. The van der Waals surface area contributed by atoms with Gasteiger partial charge in [-0.05, 0) is 38.5 Å². The van der Waals surface area contributed by atoms with Gasteiger partial charge in [-0.1, -0.05) is 0 Å². The molecule has 0 unspecified atom stereocenters. The summed E-state index contributed by atoms with van der Waals surface area (Å²) in [5.41, 5.74) is 1.53. The number of hydrogen-bond donors (Lipinski definition) is 2. The minimum Gasteiger partial charge on any atom is -0.394 e. The van der Waals surface area contributed by atoms with Crippen molar-refractivity contribution in [3.05, 3.63) is 24.0 Å². The molecule has 0 fully saturated rings. The quantitative estimate of drug-likeness (QED) is 0.816. The molecular formula is C11H16N4O. The third-order valence-electron chi connectivity index (χ3n) is 2.39. The van der Waals surface area contributed by atoms with Crippen LogP contribution in [0.1, 0.15) is 19.4 Å². The number of nitrogens with zero attached hydrogens (tertiary/aromatic N) is 3. The second kappa shape index (κ2) is 3.75. The van der Waals surface area contributed by atoms with Crippen LogP contribution in [0, 0.1) is 6.92 Å². The first-order valence-electron chi connectivity index (χ1n) is 5.21. The lowest BCUT2D eigenvalue weighted by Crippen LogP contribution is -2.35. The Balaban J connectivity index is 2.47. The van der Waals surface area contributed by atoms with E-state index in [4.69, 9.17) is 0 Å². The highest BCUT2D eigenvalue weighted by Gasteiger charge is 2.17. The van der Waals surface area contributed by atoms with Gasteiger partial charge < -0.3 is 10.4 Å². The van der Waals surface area contributed by atoms with E-state index in [0.29, 0.717) is 0 Å². The van der Waals surface area contributed by atoms with Crippen LogP contribution < -0.4 is 5.32 Å². The molecule has 2 rings (SSSR count). The van der Waals surface area contributed by atoms with Gasteiger partial charge in [-0.3, -0.25) is 0 Å². The van der Waals surface area contributed by atoms with Crippen molar-refractivity contribution < 1.29 is 5.11 Å². The van der Waals surface area contributed by atoms with E-state index in [-0.39, 0.29) is 12.1 Å². The zero-order valence-corrected chi connectivity index (χ0v) is 9.73. The number of aliphatic hydroxyl groups is 1. The Morgan fingerprint density at radius 2 is 2.19 bits per heavy atom. The maximum atomic E-state index is 9.24. The second-order valence-corrected chi connectivity index (χ2v) is 4.61. The first-order chi connectivity index (χ1) is 7.52. The minimum absolute atomic E-state index is 0.0527. The molecule has 0 aliphatic heterocycles. The molecule has 2 aromatic heterocycles. The Morgan fingerprint density at radius 1 is 1.44 bits per heavy atom. The Morgan fingerprint density at radius 3 is 2.88 bits per heavy atom. The molecule has 16 heavy (non-hydrogen) atoms. The molecule has 5 heteroatoms. The van der Waals surface area contributed by atoms with E-state index in [2.05, 4.69) is 15.4 Å². The molecule has 2 heterocycles. The van der Waals surface area contributed by atoms with Gasteiger partial charge in [0.15, 0.2) is 5.65 Å². The van der Waals surface area contributed by atoms with E-state index >= 15 is 0 Å². The average molecular weight is 220 g/mol. The third kappa shape index (κ3) is 1.99. The minimum atomic E-state index is -0.382. The van der Waals surface area contributed by atoms with Gasteiger partial charge in [-0.2, -0.15) is 9.61 Å². The van der Waals surface area contributed by atoms with E-state index in [1.807, 2.05) is 32.9 Å². The zero-order chi connectivity index (χ0) is 11.8. The fraction of sp³-hybridized carbons (Fsp3) is 0.455. The highest BCUT2D eigenvalue weighted by molar-refractivity contribution is 5.52. The first kappa shape index (κ1) is 10.9. The van der Waals surface area contributed by atoms with Crippen molar-refractivity contribution in [3.8, 4) is 0 Å². The molecule has 0 aliphatic carbocycles. The third-order valence-corrected chi connectivity index (χ3v) is 2.39. The lowest BCUT2D eigenvalue weighted by molar-refractivity contribution is 0.233. The van der Waals surface area contributed by atoms with E-state index < -0.39 is 0 Å². The fourth-order valence-electron chi connectivity index (χ4n) is 1.53. The number of nitrogens with one attached hydrogen (secondary N) is 1. The summed E-state index contributed by atoms with van der Waals surface area (Å²) in [5.74, 6) is 0.839. The number of aromatic nitrogens is 3. The van der Waals surface area contributed by atoms with Crippen LogP contribution in [0.15, 0.2) is 18.5 Å². The Hall–Kier alpha value is -1.62. The highest BCUT2D eigenvalue weighted by Crippen LogP contribution is 2.17. The molecule has 0 spiro atoms. The van der Waals surface area contributed by atoms with Gasteiger partial charge in [-0.15, -0.1) is 0 Å². The van der Waals surface area contributed by atoms with Gasteiger partial charge in [0.05, 0.1) is 12.1 Å². The molecule has 0 saturated carbocycles. The van der Waals surface area contributed by atoms with Gasteiger partial charge in [0, 0.05) is 0 Å². The summed E-state index contributed by atoms with van der Waals surface area (Å²) in [6.07, 6.45) is 1.52. The molecular weight excluding hydrogens is 204 g/mol. The van der Waals surface area contributed by atoms with Crippen LogP contribution >= 0.6 is 0 Å². The van der Waals surface area contributed by atoms with Crippen LogP contribution in [0.3, 0.4) is 0 Å². The monoisotopic (exact) mass is 220 g/mol. The molecule has 0 radical (unpaired) electrons. The highest BCUT2D eigenvalue weighted by atomic mass is 16.3. The van der Waals surface area contributed by atoms with E-state index in [1.165, 1.54) is 6.33 Å². The smallest absolute Gasteiger partial charge is 0.157 e. The molecule has 86 valence electrons. The number of aliphatic hydroxyl groups excluding tert-OH is 1. The first-order valence-corrected chi connectivity index (χ1v) is 5.21. The number of pyridine rings is 1. The number of rotatable bonds is 3. The van der Waals surface area contributed by atoms with E-state index in [0.717, 1.165) is 17.0 Å². The SMILES string of the molecule is Cc1cc(NC(C)(C)CO)n2ncnc2c1.